The summed E-state index contributed by atoms with van der Waals surface area (Å²) < 4.78 is 5.16. The molecule has 0 atom stereocenters. The van der Waals surface area contributed by atoms with E-state index in [1.807, 2.05) is 5.38 Å². The first-order valence-corrected chi connectivity index (χ1v) is 6.50. The zero-order chi connectivity index (χ0) is 12.6. The molecule has 0 spiro atoms. The Morgan fingerprint density at radius 1 is 1.06 bits per heavy atom. The van der Waals surface area contributed by atoms with Gasteiger partial charge in [-0.25, -0.2) is 4.98 Å². The molecule has 0 N–H and O–H groups in total. The fraction of sp³-hybridized carbons (Fsp3) is 0.357. The number of hydrogen-bond donors (Lipinski definition) is 0. The fourth-order valence-electron chi connectivity index (χ4n) is 2.01. The maximum Gasteiger partial charge on any atom is 0.224 e. The first-order chi connectivity index (χ1) is 8.04. The number of benzene rings is 1. The summed E-state index contributed by atoms with van der Waals surface area (Å²) >= 11 is 1.64. The molecule has 1 heterocycles. The molecule has 90 valence electrons. The van der Waals surface area contributed by atoms with Gasteiger partial charge < -0.3 is 4.74 Å². The summed E-state index contributed by atoms with van der Waals surface area (Å²) in [6, 6.07) is 2.24. The highest BCUT2D eigenvalue weighted by Gasteiger charge is 2.13. The zero-order valence-electron chi connectivity index (χ0n) is 10.9. The largest absolute Gasteiger partial charge is 0.480 e. The molecule has 3 heteroatoms. The van der Waals surface area contributed by atoms with E-state index in [9.17, 15) is 0 Å². The van der Waals surface area contributed by atoms with Gasteiger partial charge in [0, 0.05) is 5.56 Å². The average Bonchev–Trinajstić information content (AvgIpc) is 2.75. The minimum absolute atomic E-state index is 0.697. The van der Waals surface area contributed by atoms with Crippen LogP contribution < -0.4 is 4.74 Å². The number of hydrogen-bond acceptors (Lipinski definition) is 3. The number of thiazole rings is 1. The van der Waals surface area contributed by atoms with E-state index < -0.39 is 0 Å². The normalized spacial score (nSPS) is 10.6. The van der Waals surface area contributed by atoms with Crippen molar-refractivity contribution in [2.45, 2.75) is 27.7 Å². The summed E-state index contributed by atoms with van der Waals surface area (Å²) in [7, 11) is 1.65. The first-order valence-electron chi connectivity index (χ1n) is 5.62. The van der Waals surface area contributed by atoms with Crippen molar-refractivity contribution >= 4 is 11.3 Å². The van der Waals surface area contributed by atoms with Crippen molar-refractivity contribution in [3.8, 4) is 16.5 Å². The molecule has 0 aliphatic rings. The van der Waals surface area contributed by atoms with Crippen molar-refractivity contribution in [3.05, 3.63) is 33.7 Å². The average molecular weight is 247 g/mol. The Kier molecular flexibility index (Phi) is 3.20. The van der Waals surface area contributed by atoms with Gasteiger partial charge in [-0.3, -0.25) is 0 Å². The molecule has 1 aromatic carbocycles. The Balaban J connectivity index is 2.65. The van der Waals surface area contributed by atoms with Crippen molar-refractivity contribution in [1.82, 2.24) is 4.98 Å². The van der Waals surface area contributed by atoms with Crippen LogP contribution in [0.15, 0.2) is 11.4 Å². The number of ether oxygens (including phenoxy) is 1. The van der Waals surface area contributed by atoms with Crippen LogP contribution in [0.25, 0.3) is 10.6 Å². The second kappa shape index (κ2) is 4.49. The summed E-state index contributed by atoms with van der Waals surface area (Å²) in [6.45, 7) is 8.61. The van der Waals surface area contributed by atoms with Gasteiger partial charge in [-0.2, -0.15) is 0 Å². The van der Waals surface area contributed by atoms with Gasteiger partial charge in [0.25, 0.3) is 0 Å². The lowest BCUT2D eigenvalue weighted by atomic mass is 9.95. The van der Waals surface area contributed by atoms with Crippen molar-refractivity contribution < 1.29 is 4.74 Å². The maximum absolute atomic E-state index is 5.16. The van der Waals surface area contributed by atoms with E-state index in [0.29, 0.717) is 5.88 Å². The van der Waals surface area contributed by atoms with Gasteiger partial charge in [-0.1, -0.05) is 6.07 Å². The summed E-state index contributed by atoms with van der Waals surface area (Å²) in [5.41, 5.74) is 6.51. The van der Waals surface area contributed by atoms with Gasteiger partial charge in [0.1, 0.15) is 5.01 Å². The van der Waals surface area contributed by atoms with E-state index in [0.717, 1.165) is 5.01 Å². The second-order valence-corrected chi connectivity index (χ2v) is 5.19. The van der Waals surface area contributed by atoms with Crippen LogP contribution >= 0.6 is 11.3 Å². The number of nitrogens with zero attached hydrogens (tertiary/aromatic N) is 1. The first kappa shape index (κ1) is 12.1. The lowest BCUT2D eigenvalue weighted by Gasteiger charge is -2.12. The van der Waals surface area contributed by atoms with E-state index in [2.05, 4.69) is 38.7 Å². The highest BCUT2D eigenvalue weighted by Crippen LogP contribution is 2.34. The van der Waals surface area contributed by atoms with Gasteiger partial charge in [0.2, 0.25) is 5.88 Å². The summed E-state index contributed by atoms with van der Waals surface area (Å²) in [4.78, 5) is 4.50. The summed E-state index contributed by atoms with van der Waals surface area (Å²) in [6.07, 6.45) is 0. The van der Waals surface area contributed by atoms with E-state index in [4.69, 9.17) is 4.74 Å². The second-order valence-electron chi connectivity index (χ2n) is 4.33. The van der Waals surface area contributed by atoms with E-state index >= 15 is 0 Å². The molecule has 1 aromatic heterocycles. The molecule has 0 aliphatic carbocycles. The van der Waals surface area contributed by atoms with Gasteiger partial charge in [0.15, 0.2) is 0 Å². The number of aryl methyl sites for hydroxylation is 2. The smallest absolute Gasteiger partial charge is 0.224 e. The standard InChI is InChI=1S/C14H17NOS/c1-8-6-9(2)11(4)13(10(8)3)14-15-12(16-5)7-17-14/h6-7H,1-5H3. The molecule has 0 aliphatic heterocycles. The number of methoxy groups -OCH3 is 1. The Morgan fingerprint density at radius 3 is 2.12 bits per heavy atom. The van der Waals surface area contributed by atoms with Crippen molar-refractivity contribution in [1.29, 1.82) is 0 Å². The third-order valence-electron chi connectivity index (χ3n) is 3.27. The van der Waals surface area contributed by atoms with E-state index in [1.165, 1.54) is 27.8 Å². The van der Waals surface area contributed by atoms with Crippen molar-refractivity contribution in [2.24, 2.45) is 0 Å². The molecule has 0 radical (unpaired) electrons. The zero-order valence-corrected chi connectivity index (χ0v) is 11.7. The third kappa shape index (κ3) is 2.07. The Hall–Kier alpha value is -1.35. The molecular weight excluding hydrogens is 230 g/mol. The van der Waals surface area contributed by atoms with Gasteiger partial charge >= 0.3 is 0 Å². The molecule has 0 amide bonds. The monoisotopic (exact) mass is 247 g/mol. The van der Waals surface area contributed by atoms with Crippen LogP contribution in [0.5, 0.6) is 5.88 Å². The lowest BCUT2D eigenvalue weighted by molar-refractivity contribution is 0.401. The highest BCUT2D eigenvalue weighted by molar-refractivity contribution is 7.13. The van der Waals surface area contributed by atoms with E-state index in [-0.39, 0.29) is 0 Å². The maximum atomic E-state index is 5.16. The van der Waals surface area contributed by atoms with Crippen molar-refractivity contribution in [3.63, 3.8) is 0 Å². The molecule has 0 bridgehead atoms. The SMILES string of the molecule is COc1csc(-c2c(C)c(C)cc(C)c2C)n1. The van der Waals surface area contributed by atoms with Crippen LogP contribution in [-0.2, 0) is 0 Å². The number of aromatic nitrogens is 1. The molecule has 2 aromatic rings. The fourth-order valence-corrected chi connectivity index (χ4v) is 2.93. The molecule has 2 nitrogen and oxygen atoms in total. The quantitative estimate of drug-likeness (QED) is 0.798. The summed E-state index contributed by atoms with van der Waals surface area (Å²) in [5.74, 6) is 0.697. The van der Waals surface area contributed by atoms with Crippen LogP contribution in [-0.4, -0.2) is 12.1 Å². The minimum atomic E-state index is 0.697. The van der Waals surface area contributed by atoms with Crippen LogP contribution in [0.1, 0.15) is 22.3 Å². The summed E-state index contributed by atoms with van der Waals surface area (Å²) in [5, 5.41) is 3.00. The Labute approximate surface area is 106 Å². The Bertz CT molecular complexity index is 531. The van der Waals surface area contributed by atoms with Crippen LogP contribution in [0.2, 0.25) is 0 Å². The van der Waals surface area contributed by atoms with E-state index in [1.54, 1.807) is 18.4 Å². The number of rotatable bonds is 2. The molecule has 0 saturated carbocycles. The molecule has 0 saturated heterocycles. The minimum Gasteiger partial charge on any atom is -0.480 e. The lowest BCUT2D eigenvalue weighted by Crippen LogP contribution is -1.95. The van der Waals surface area contributed by atoms with Crippen LogP contribution in [0.4, 0.5) is 0 Å². The molecule has 2 rings (SSSR count). The predicted molar refractivity (Wildman–Crippen MR) is 73.1 cm³/mol. The topological polar surface area (TPSA) is 22.1 Å². The molecular formula is C14H17NOS. The van der Waals surface area contributed by atoms with Crippen LogP contribution in [0.3, 0.4) is 0 Å². The highest BCUT2D eigenvalue weighted by atomic mass is 32.1. The third-order valence-corrected chi connectivity index (χ3v) is 4.11. The van der Waals surface area contributed by atoms with Gasteiger partial charge in [0.05, 0.1) is 12.5 Å². The Morgan fingerprint density at radius 2 is 1.65 bits per heavy atom. The van der Waals surface area contributed by atoms with Crippen LogP contribution in [0, 0.1) is 27.7 Å². The predicted octanol–water partition coefficient (Wildman–Crippen LogP) is 4.05. The van der Waals surface area contributed by atoms with Gasteiger partial charge in [-0.15, -0.1) is 11.3 Å². The molecule has 0 unspecified atom stereocenters. The molecule has 17 heavy (non-hydrogen) atoms. The van der Waals surface area contributed by atoms with Gasteiger partial charge in [-0.05, 0) is 49.9 Å². The van der Waals surface area contributed by atoms with Crippen molar-refractivity contribution in [2.75, 3.05) is 7.11 Å². The molecule has 0 fully saturated rings.